The van der Waals surface area contributed by atoms with Crippen LogP contribution in [0.4, 0.5) is 0 Å². The largest absolute Gasteiger partial charge is 0.493 e. The summed E-state index contributed by atoms with van der Waals surface area (Å²) in [5, 5.41) is 16.6. The fourth-order valence-corrected chi connectivity index (χ4v) is 3.50. The Morgan fingerprint density at radius 1 is 1.33 bits per heavy atom. The van der Waals surface area contributed by atoms with E-state index < -0.39 is 0 Å². The molecule has 5 nitrogen and oxygen atoms in total. The Morgan fingerprint density at radius 3 is 3.04 bits per heavy atom. The summed E-state index contributed by atoms with van der Waals surface area (Å²) in [6.45, 7) is 5.27. The summed E-state index contributed by atoms with van der Waals surface area (Å²) < 4.78 is 5.55. The molecular formula is C19H29N3O2. The lowest BCUT2D eigenvalue weighted by atomic mass is 10.1. The number of benzene rings is 1. The molecule has 2 unspecified atom stereocenters. The molecular weight excluding hydrogens is 302 g/mol. The molecule has 1 aromatic carbocycles. The number of hydrogen-bond acceptors (Lipinski definition) is 3. The normalized spacial score (nSPS) is 23.0. The van der Waals surface area contributed by atoms with E-state index in [0.717, 1.165) is 63.5 Å². The highest BCUT2D eigenvalue weighted by Crippen LogP contribution is 2.26. The quantitative estimate of drug-likeness (QED) is 0.550. The summed E-state index contributed by atoms with van der Waals surface area (Å²) >= 11 is 0. The molecule has 24 heavy (non-hydrogen) atoms. The number of nitrogens with zero attached hydrogens (tertiary/aromatic N) is 1. The number of ether oxygens (including phenoxy) is 1. The number of hydrogen-bond donors (Lipinski definition) is 3. The first-order valence-corrected chi connectivity index (χ1v) is 9.21. The number of guanidine groups is 1. The van der Waals surface area contributed by atoms with Crippen LogP contribution in [0.5, 0.6) is 5.75 Å². The van der Waals surface area contributed by atoms with Crippen LogP contribution in [-0.4, -0.2) is 43.4 Å². The van der Waals surface area contributed by atoms with Crippen molar-refractivity contribution in [2.75, 3.05) is 26.2 Å². The molecule has 0 aromatic heterocycles. The maximum Gasteiger partial charge on any atom is 0.191 e. The first-order valence-electron chi connectivity index (χ1n) is 9.21. The molecule has 3 rings (SSSR count). The van der Waals surface area contributed by atoms with Crippen LogP contribution in [-0.2, 0) is 12.8 Å². The Labute approximate surface area is 144 Å². The van der Waals surface area contributed by atoms with E-state index in [-0.39, 0.29) is 6.10 Å². The Hall–Kier alpha value is -1.75. The molecule has 5 heteroatoms. The van der Waals surface area contributed by atoms with E-state index in [0.29, 0.717) is 12.5 Å². The van der Waals surface area contributed by atoms with E-state index in [1.807, 2.05) is 0 Å². The molecule has 2 aliphatic rings. The SMILES string of the molecule is CCNC(=NCC1CCCC1O)NCCc1ccc2c(c1)CCO2. The van der Waals surface area contributed by atoms with E-state index in [4.69, 9.17) is 4.74 Å². The van der Waals surface area contributed by atoms with Crippen molar-refractivity contribution in [2.45, 2.75) is 45.1 Å². The summed E-state index contributed by atoms with van der Waals surface area (Å²) in [5.74, 6) is 2.20. The number of aliphatic hydroxyl groups excluding tert-OH is 1. The van der Waals surface area contributed by atoms with E-state index in [1.165, 1.54) is 11.1 Å². The lowest BCUT2D eigenvalue weighted by Crippen LogP contribution is -2.39. The van der Waals surface area contributed by atoms with Gasteiger partial charge in [-0.1, -0.05) is 18.6 Å². The van der Waals surface area contributed by atoms with Gasteiger partial charge in [-0.3, -0.25) is 4.99 Å². The van der Waals surface area contributed by atoms with E-state index >= 15 is 0 Å². The van der Waals surface area contributed by atoms with E-state index in [1.54, 1.807) is 0 Å². The molecule has 2 atom stereocenters. The minimum absolute atomic E-state index is 0.176. The minimum Gasteiger partial charge on any atom is -0.493 e. The van der Waals surface area contributed by atoms with Gasteiger partial charge >= 0.3 is 0 Å². The van der Waals surface area contributed by atoms with Gasteiger partial charge in [-0.25, -0.2) is 0 Å². The predicted octanol–water partition coefficient (Wildman–Crippen LogP) is 1.88. The Morgan fingerprint density at radius 2 is 2.25 bits per heavy atom. The van der Waals surface area contributed by atoms with Gasteiger partial charge in [0.15, 0.2) is 5.96 Å². The van der Waals surface area contributed by atoms with Crippen molar-refractivity contribution >= 4 is 5.96 Å². The number of aliphatic hydroxyl groups is 1. The number of aliphatic imine (C=N–C) groups is 1. The van der Waals surface area contributed by atoms with E-state index in [9.17, 15) is 5.11 Å². The molecule has 0 bridgehead atoms. The second kappa shape index (κ2) is 8.38. The van der Waals surface area contributed by atoms with Crippen molar-refractivity contribution in [1.29, 1.82) is 0 Å². The van der Waals surface area contributed by atoms with Crippen molar-refractivity contribution in [3.05, 3.63) is 29.3 Å². The standard InChI is InChI=1S/C19H29N3O2/c1-2-20-19(22-13-16-4-3-5-17(16)23)21-10-8-14-6-7-18-15(12-14)9-11-24-18/h6-7,12,16-17,23H,2-5,8-11,13H2,1H3,(H2,20,21,22). The third kappa shape index (κ3) is 4.41. The average molecular weight is 331 g/mol. The summed E-state index contributed by atoms with van der Waals surface area (Å²) in [6, 6.07) is 6.48. The lowest BCUT2D eigenvalue weighted by molar-refractivity contribution is 0.136. The van der Waals surface area contributed by atoms with Crippen LogP contribution in [0.25, 0.3) is 0 Å². The van der Waals surface area contributed by atoms with Crippen LogP contribution in [0.15, 0.2) is 23.2 Å². The van der Waals surface area contributed by atoms with Gasteiger partial charge in [-0.15, -0.1) is 0 Å². The molecule has 1 aliphatic carbocycles. The molecule has 0 spiro atoms. The topological polar surface area (TPSA) is 65.9 Å². The van der Waals surface area contributed by atoms with Gasteiger partial charge in [0.25, 0.3) is 0 Å². The molecule has 0 saturated heterocycles. The van der Waals surface area contributed by atoms with Crippen molar-refractivity contribution < 1.29 is 9.84 Å². The van der Waals surface area contributed by atoms with Crippen LogP contribution in [0, 0.1) is 5.92 Å². The van der Waals surface area contributed by atoms with Crippen molar-refractivity contribution in [1.82, 2.24) is 10.6 Å². The summed E-state index contributed by atoms with van der Waals surface area (Å²) in [4.78, 5) is 4.65. The summed E-state index contributed by atoms with van der Waals surface area (Å²) in [7, 11) is 0. The second-order valence-electron chi connectivity index (χ2n) is 6.70. The molecule has 1 saturated carbocycles. The van der Waals surface area contributed by atoms with Crippen LogP contribution in [0.1, 0.15) is 37.3 Å². The molecule has 1 aromatic rings. The molecule has 0 amide bonds. The van der Waals surface area contributed by atoms with Gasteiger partial charge in [0.1, 0.15) is 5.75 Å². The molecule has 1 aliphatic heterocycles. The summed E-state index contributed by atoms with van der Waals surface area (Å²) in [5.41, 5.74) is 2.65. The average Bonchev–Trinajstić information content (AvgIpc) is 3.21. The zero-order valence-electron chi connectivity index (χ0n) is 14.6. The monoisotopic (exact) mass is 331 g/mol. The van der Waals surface area contributed by atoms with Gasteiger partial charge in [-0.2, -0.15) is 0 Å². The van der Waals surface area contributed by atoms with Gasteiger partial charge in [0, 0.05) is 32.0 Å². The van der Waals surface area contributed by atoms with Gasteiger partial charge in [0.05, 0.1) is 12.7 Å². The fraction of sp³-hybridized carbons (Fsp3) is 0.632. The van der Waals surface area contributed by atoms with E-state index in [2.05, 4.69) is 40.7 Å². The van der Waals surface area contributed by atoms with Gasteiger partial charge in [-0.05, 0) is 43.4 Å². The molecule has 1 heterocycles. The Kier molecular flexibility index (Phi) is 5.96. The number of nitrogens with one attached hydrogen (secondary N) is 2. The molecule has 3 N–H and O–H groups in total. The second-order valence-corrected chi connectivity index (χ2v) is 6.70. The smallest absolute Gasteiger partial charge is 0.191 e. The van der Waals surface area contributed by atoms with Crippen LogP contribution in [0.2, 0.25) is 0 Å². The molecule has 132 valence electrons. The highest BCUT2D eigenvalue weighted by atomic mass is 16.5. The number of fused-ring (bicyclic) bond motifs is 1. The third-order valence-electron chi connectivity index (χ3n) is 4.91. The highest BCUT2D eigenvalue weighted by molar-refractivity contribution is 5.79. The van der Waals surface area contributed by atoms with Crippen molar-refractivity contribution in [3.8, 4) is 5.75 Å². The van der Waals surface area contributed by atoms with Crippen molar-refractivity contribution in [3.63, 3.8) is 0 Å². The van der Waals surface area contributed by atoms with Crippen LogP contribution < -0.4 is 15.4 Å². The summed E-state index contributed by atoms with van der Waals surface area (Å²) in [6.07, 6.45) is 4.93. The predicted molar refractivity (Wildman–Crippen MR) is 96.7 cm³/mol. The van der Waals surface area contributed by atoms with Crippen LogP contribution in [0.3, 0.4) is 0 Å². The lowest BCUT2D eigenvalue weighted by Gasteiger charge is -2.15. The molecule has 0 radical (unpaired) electrons. The van der Waals surface area contributed by atoms with Gasteiger partial charge in [0.2, 0.25) is 0 Å². The van der Waals surface area contributed by atoms with Crippen LogP contribution >= 0.6 is 0 Å². The first-order chi connectivity index (χ1) is 11.8. The van der Waals surface area contributed by atoms with Crippen molar-refractivity contribution in [2.24, 2.45) is 10.9 Å². The zero-order valence-corrected chi connectivity index (χ0v) is 14.6. The maximum atomic E-state index is 9.91. The van der Waals surface area contributed by atoms with Gasteiger partial charge < -0.3 is 20.5 Å². The Balaban J connectivity index is 1.48. The number of rotatable bonds is 6. The maximum absolute atomic E-state index is 9.91. The first kappa shape index (κ1) is 17.1. The fourth-order valence-electron chi connectivity index (χ4n) is 3.50. The Bertz CT molecular complexity index is 574. The third-order valence-corrected chi connectivity index (χ3v) is 4.91. The highest BCUT2D eigenvalue weighted by Gasteiger charge is 2.24. The zero-order chi connectivity index (χ0) is 16.8. The molecule has 1 fully saturated rings. The minimum atomic E-state index is -0.176.